The van der Waals surface area contributed by atoms with Gasteiger partial charge in [0.25, 0.3) is 5.91 Å². The molecule has 1 amide bonds. The Labute approximate surface area is 144 Å². The number of likely N-dealkylation sites (tertiary alicyclic amines) is 1. The number of benzene rings is 1. The molecule has 0 radical (unpaired) electrons. The first-order valence-corrected chi connectivity index (χ1v) is 8.93. The number of piperidine rings is 1. The monoisotopic (exact) mass is 333 g/mol. The Morgan fingerprint density at radius 1 is 1.25 bits per heavy atom. The lowest BCUT2D eigenvalue weighted by Gasteiger charge is -2.27. The molecule has 0 unspecified atom stereocenters. The topological polar surface area (TPSA) is 59.8 Å². The summed E-state index contributed by atoms with van der Waals surface area (Å²) in [5, 5.41) is 3.08. The van der Waals surface area contributed by atoms with E-state index in [1.54, 1.807) is 0 Å². The van der Waals surface area contributed by atoms with Crippen LogP contribution in [0.2, 0.25) is 0 Å². The zero-order chi connectivity index (χ0) is 17.5. The molecule has 5 nitrogen and oxygen atoms in total. The van der Waals surface area contributed by atoms with Crippen LogP contribution in [-0.2, 0) is 20.7 Å². The van der Waals surface area contributed by atoms with Gasteiger partial charge in [-0.2, -0.15) is 0 Å². The molecule has 1 aliphatic rings. The highest BCUT2D eigenvalue weighted by Crippen LogP contribution is 2.20. The van der Waals surface area contributed by atoms with Crippen LogP contribution in [0.3, 0.4) is 0 Å². The minimum Gasteiger partial charge on any atom is -0.466 e. The van der Waals surface area contributed by atoms with Gasteiger partial charge in [0.05, 0.1) is 25.6 Å². The first-order valence-electron chi connectivity index (χ1n) is 8.93. The van der Waals surface area contributed by atoms with E-state index < -0.39 is 0 Å². The van der Waals surface area contributed by atoms with Gasteiger partial charge >= 0.3 is 5.97 Å². The Kier molecular flexibility index (Phi) is 6.79. The predicted octanol–water partition coefficient (Wildman–Crippen LogP) is 1.35. The lowest BCUT2D eigenvalue weighted by molar-refractivity contribution is -0.897. The first kappa shape index (κ1) is 18.5. The molecule has 0 saturated carbocycles. The molecule has 0 aromatic heterocycles. The van der Waals surface area contributed by atoms with Crippen molar-refractivity contribution in [3.05, 3.63) is 29.3 Å². The molecular weight excluding hydrogens is 304 g/mol. The van der Waals surface area contributed by atoms with Crippen molar-refractivity contribution >= 4 is 17.6 Å². The van der Waals surface area contributed by atoms with Crippen LogP contribution in [0.4, 0.5) is 5.69 Å². The van der Waals surface area contributed by atoms with E-state index in [1.165, 1.54) is 10.5 Å². The summed E-state index contributed by atoms with van der Waals surface area (Å²) in [6.07, 6.45) is 2.49. The zero-order valence-electron chi connectivity index (χ0n) is 15.0. The molecule has 5 heteroatoms. The predicted molar refractivity (Wildman–Crippen MR) is 94.1 cm³/mol. The van der Waals surface area contributed by atoms with E-state index in [0.717, 1.165) is 43.6 Å². The number of carbonyl (C=O) groups excluding carboxylic acids is 2. The van der Waals surface area contributed by atoms with Gasteiger partial charge in [-0.15, -0.1) is 0 Å². The lowest BCUT2D eigenvalue weighted by atomic mass is 9.97. The summed E-state index contributed by atoms with van der Waals surface area (Å²) < 4.78 is 5.09. The van der Waals surface area contributed by atoms with Crippen LogP contribution < -0.4 is 10.2 Å². The van der Waals surface area contributed by atoms with Gasteiger partial charge in [0, 0.05) is 18.5 Å². The van der Waals surface area contributed by atoms with Crippen LogP contribution in [0, 0.1) is 12.8 Å². The molecular formula is C19H29N2O3+. The van der Waals surface area contributed by atoms with Crippen LogP contribution in [0.1, 0.15) is 37.8 Å². The van der Waals surface area contributed by atoms with E-state index in [1.807, 2.05) is 26.0 Å². The fraction of sp³-hybridized carbons (Fsp3) is 0.579. The molecule has 132 valence electrons. The number of carbonyl (C=O) groups is 2. The van der Waals surface area contributed by atoms with Crippen molar-refractivity contribution in [1.82, 2.24) is 0 Å². The maximum atomic E-state index is 12.4. The normalized spacial score (nSPS) is 20.5. The summed E-state index contributed by atoms with van der Waals surface area (Å²) in [5.74, 6) is -0.0445. The number of amides is 1. The smallest absolute Gasteiger partial charge is 0.309 e. The van der Waals surface area contributed by atoms with Crippen molar-refractivity contribution in [2.45, 2.75) is 40.0 Å². The second kappa shape index (κ2) is 8.83. The second-order valence-electron chi connectivity index (χ2n) is 6.46. The molecule has 0 aliphatic carbocycles. The van der Waals surface area contributed by atoms with Crippen molar-refractivity contribution in [3.63, 3.8) is 0 Å². The van der Waals surface area contributed by atoms with Crippen molar-refractivity contribution in [3.8, 4) is 0 Å². The summed E-state index contributed by atoms with van der Waals surface area (Å²) in [6, 6.07) is 6.10. The molecule has 1 aliphatic heterocycles. The number of rotatable bonds is 6. The highest BCUT2D eigenvalue weighted by atomic mass is 16.5. The molecule has 2 rings (SSSR count). The quantitative estimate of drug-likeness (QED) is 0.773. The molecule has 0 spiro atoms. The van der Waals surface area contributed by atoms with Gasteiger partial charge < -0.3 is 15.0 Å². The zero-order valence-corrected chi connectivity index (χ0v) is 15.0. The number of hydrogen-bond acceptors (Lipinski definition) is 3. The van der Waals surface area contributed by atoms with E-state index >= 15 is 0 Å². The molecule has 1 aromatic carbocycles. The fourth-order valence-electron chi connectivity index (χ4n) is 3.31. The average molecular weight is 333 g/mol. The van der Waals surface area contributed by atoms with Crippen LogP contribution in [0.15, 0.2) is 18.2 Å². The number of para-hydroxylation sites is 1. The summed E-state index contributed by atoms with van der Waals surface area (Å²) in [7, 11) is 0. The Hall–Kier alpha value is -1.88. The molecule has 1 saturated heterocycles. The van der Waals surface area contributed by atoms with Crippen LogP contribution >= 0.6 is 0 Å². The first-order chi connectivity index (χ1) is 11.5. The summed E-state index contributed by atoms with van der Waals surface area (Å²) in [6.45, 7) is 8.51. The average Bonchev–Trinajstić information content (AvgIpc) is 2.57. The van der Waals surface area contributed by atoms with Crippen molar-refractivity contribution < 1.29 is 19.2 Å². The Bertz CT molecular complexity index is 578. The number of hydrogen-bond donors (Lipinski definition) is 2. The van der Waals surface area contributed by atoms with E-state index in [-0.39, 0.29) is 17.8 Å². The van der Waals surface area contributed by atoms with Gasteiger partial charge in [0.1, 0.15) is 0 Å². The largest absolute Gasteiger partial charge is 0.466 e. The minimum absolute atomic E-state index is 0.000164. The molecule has 0 atom stereocenters. The Morgan fingerprint density at radius 2 is 1.96 bits per heavy atom. The van der Waals surface area contributed by atoms with Crippen molar-refractivity contribution in [1.29, 1.82) is 0 Å². The number of esters is 1. The Morgan fingerprint density at radius 3 is 2.58 bits per heavy atom. The third kappa shape index (κ3) is 4.81. The Balaban J connectivity index is 1.85. The third-order valence-corrected chi connectivity index (χ3v) is 4.73. The van der Waals surface area contributed by atoms with Gasteiger partial charge in [-0.05, 0) is 31.4 Å². The number of quaternary nitrogens is 1. The molecule has 2 N–H and O–H groups in total. The van der Waals surface area contributed by atoms with Gasteiger partial charge in [0.2, 0.25) is 0 Å². The summed E-state index contributed by atoms with van der Waals surface area (Å²) in [4.78, 5) is 25.4. The third-order valence-electron chi connectivity index (χ3n) is 4.73. The number of aryl methyl sites for hydroxylation is 2. The molecule has 1 aromatic rings. The number of nitrogens with one attached hydrogen (secondary N) is 2. The standard InChI is InChI=1S/C19H28N2O3/c1-4-15-8-6-7-14(3)18(15)20-17(22)13-21-11-9-16(10-12-21)19(23)24-5-2/h6-8,16H,4-5,9-13H2,1-3H3,(H,20,22)/p+1. The van der Waals surface area contributed by atoms with Crippen LogP contribution in [-0.4, -0.2) is 38.1 Å². The van der Waals surface area contributed by atoms with E-state index in [4.69, 9.17) is 4.74 Å². The number of ether oxygens (including phenoxy) is 1. The SMILES string of the molecule is CCOC(=O)C1CC[NH+](CC(=O)Nc2c(C)cccc2CC)CC1. The van der Waals surface area contributed by atoms with Gasteiger partial charge in [-0.1, -0.05) is 25.1 Å². The fourth-order valence-corrected chi connectivity index (χ4v) is 3.31. The minimum atomic E-state index is -0.0894. The highest BCUT2D eigenvalue weighted by Gasteiger charge is 2.29. The van der Waals surface area contributed by atoms with Gasteiger partial charge in [0.15, 0.2) is 6.54 Å². The van der Waals surface area contributed by atoms with Crippen LogP contribution in [0.5, 0.6) is 0 Å². The summed E-state index contributed by atoms with van der Waals surface area (Å²) >= 11 is 0. The van der Waals surface area contributed by atoms with Crippen molar-refractivity contribution in [2.75, 3.05) is 31.6 Å². The molecule has 1 fully saturated rings. The van der Waals surface area contributed by atoms with E-state index in [2.05, 4.69) is 18.3 Å². The second-order valence-corrected chi connectivity index (χ2v) is 6.46. The van der Waals surface area contributed by atoms with Gasteiger partial charge in [-0.3, -0.25) is 9.59 Å². The van der Waals surface area contributed by atoms with Gasteiger partial charge in [-0.25, -0.2) is 0 Å². The number of anilines is 1. The summed E-state index contributed by atoms with van der Waals surface area (Å²) in [5.41, 5.74) is 3.21. The molecule has 0 bridgehead atoms. The molecule has 24 heavy (non-hydrogen) atoms. The molecule has 1 heterocycles. The maximum Gasteiger partial charge on any atom is 0.309 e. The maximum absolute atomic E-state index is 12.4. The van der Waals surface area contributed by atoms with Crippen molar-refractivity contribution in [2.24, 2.45) is 5.92 Å². The highest BCUT2D eigenvalue weighted by molar-refractivity contribution is 5.93. The van der Waals surface area contributed by atoms with E-state index in [9.17, 15) is 9.59 Å². The van der Waals surface area contributed by atoms with Crippen LogP contribution in [0.25, 0.3) is 0 Å². The lowest BCUT2D eigenvalue weighted by Crippen LogP contribution is -3.14. The van der Waals surface area contributed by atoms with E-state index in [0.29, 0.717) is 13.2 Å².